The third kappa shape index (κ3) is 9.40. The maximum Gasteiger partial charge on any atom is 0.245 e. The van der Waals surface area contributed by atoms with Crippen molar-refractivity contribution in [2.45, 2.75) is 91.1 Å². The molecule has 0 bridgehead atoms. The van der Waals surface area contributed by atoms with Gasteiger partial charge in [-0.25, -0.2) is 0 Å². The highest BCUT2D eigenvalue weighted by Gasteiger charge is 2.36. The van der Waals surface area contributed by atoms with E-state index in [2.05, 4.69) is 57.3 Å². The average molecular weight is 527 g/mol. The summed E-state index contributed by atoms with van der Waals surface area (Å²) in [4.78, 5) is 46.6. The van der Waals surface area contributed by atoms with Gasteiger partial charge in [0.05, 0.1) is 12.6 Å². The first-order valence-electron chi connectivity index (χ1n) is 14.9. The molecule has 2 aliphatic heterocycles. The van der Waals surface area contributed by atoms with Crippen molar-refractivity contribution in [1.29, 1.82) is 0 Å². The van der Waals surface area contributed by atoms with E-state index in [0.717, 1.165) is 51.5 Å². The van der Waals surface area contributed by atoms with Gasteiger partial charge in [-0.05, 0) is 75.3 Å². The normalized spacial score (nSPS) is 22.6. The zero-order valence-electron chi connectivity index (χ0n) is 24.2. The van der Waals surface area contributed by atoms with E-state index >= 15 is 0 Å². The predicted octanol–water partition coefficient (Wildman–Crippen LogP) is 4.11. The largest absolute Gasteiger partial charge is 0.343 e. The van der Waals surface area contributed by atoms with Crippen molar-refractivity contribution in [2.24, 2.45) is 11.8 Å². The summed E-state index contributed by atoms with van der Waals surface area (Å²) in [5.74, 6) is 0.844. The van der Waals surface area contributed by atoms with E-state index in [1.807, 2.05) is 20.8 Å². The summed E-state index contributed by atoms with van der Waals surface area (Å²) >= 11 is 0. The maximum atomic E-state index is 13.7. The van der Waals surface area contributed by atoms with E-state index in [1.54, 1.807) is 0 Å². The number of nitrogens with zero attached hydrogens (tertiary/aromatic N) is 3. The topological polar surface area (TPSA) is 73.0 Å². The van der Waals surface area contributed by atoms with Gasteiger partial charge in [0, 0.05) is 26.2 Å². The van der Waals surface area contributed by atoms with E-state index < -0.39 is 6.04 Å². The molecule has 7 heteroatoms. The van der Waals surface area contributed by atoms with Crippen LogP contribution in [0.25, 0.3) is 0 Å². The van der Waals surface area contributed by atoms with Gasteiger partial charge in [-0.15, -0.1) is 0 Å². The summed E-state index contributed by atoms with van der Waals surface area (Å²) in [6.07, 6.45) is 6.76. The van der Waals surface area contributed by atoms with E-state index in [9.17, 15) is 14.4 Å². The molecule has 2 saturated heterocycles. The second kappa shape index (κ2) is 15.2. The van der Waals surface area contributed by atoms with Crippen LogP contribution in [-0.2, 0) is 20.8 Å². The van der Waals surface area contributed by atoms with Gasteiger partial charge >= 0.3 is 0 Å². The number of hydrogen-bond donors (Lipinski definition) is 1. The molecule has 1 N–H and O–H groups in total. The Morgan fingerprint density at radius 2 is 1.58 bits per heavy atom. The Hall–Kier alpha value is -2.41. The number of carbonyl (C=O) groups excluding carboxylic acids is 3. The summed E-state index contributed by atoms with van der Waals surface area (Å²) in [6.45, 7) is 12.3. The van der Waals surface area contributed by atoms with Crippen molar-refractivity contribution in [2.75, 3.05) is 39.3 Å². The standard InChI is InChI=1S/C31H50N4O3/c1-24(2)16-21-34-18-9-8-17-33(19-10-14-26-12-6-5-7-13-26)29(36)23-35-20-11-15-28(35)30(37)32-27(31(34)38)22-25(3)4/h5-7,12-13,24-25,27-28H,8-11,14-23H2,1-4H3,(H,32,37)/t27-,28-/m0/s1. The quantitative estimate of drug-likeness (QED) is 0.526. The highest BCUT2D eigenvalue weighted by atomic mass is 16.2. The van der Waals surface area contributed by atoms with E-state index in [-0.39, 0.29) is 30.3 Å². The molecule has 2 heterocycles. The van der Waals surface area contributed by atoms with Gasteiger partial charge in [-0.1, -0.05) is 58.0 Å². The smallest absolute Gasteiger partial charge is 0.245 e. The summed E-state index contributed by atoms with van der Waals surface area (Å²) in [5.41, 5.74) is 1.29. The first-order valence-corrected chi connectivity index (χ1v) is 14.9. The molecule has 2 aliphatic rings. The molecular formula is C31H50N4O3. The van der Waals surface area contributed by atoms with E-state index in [0.29, 0.717) is 44.4 Å². The molecule has 0 saturated carbocycles. The van der Waals surface area contributed by atoms with Crippen molar-refractivity contribution < 1.29 is 14.4 Å². The average Bonchev–Trinajstić information content (AvgIpc) is 3.34. The number of rotatable bonds is 9. The second-order valence-corrected chi connectivity index (χ2v) is 12.0. The van der Waals surface area contributed by atoms with E-state index in [4.69, 9.17) is 0 Å². The molecule has 38 heavy (non-hydrogen) atoms. The zero-order valence-corrected chi connectivity index (χ0v) is 24.2. The summed E-state index contributed by atoms with van der Waals surface area (Å²) in [6, 6.07) is 9.54. The van der Waals surface area contributed by atoms with Crippen molar-refractivity contribution in [3.63, 3.8) is 0 Å². The highest BCUT2D eigenvalue weighted by molar-refractivity contribution is 5.90. The van der Waals surface area contributed by atoms with Gasteiger partial charge in [-0.2, -0.15) is 0 Å². The highest BCUT2D eigenvalue weighted by Crippen LogP contribution is 2.20. The van der Waals surface area contributed by atoms with Crippen LogP contribution < -0.4 is 5.32 Å². The summed E-state index contributed by atoms with van der Waals surface area (Å²) in [7, 11) is 0. The van der Waals surface area contributed by atoms with Gasteiger partial charge in [0.25, 0.3) is 0 Å². The fourth-order valence-electron chi connectivity index (χ4n) is 5.60. The Morgan fingerprint density at radius 3 is 2.26 bits per heavy atom. The van der Waals surface area contributed by atoms with Crippen molar-refractivity contribution in [3.05, 3.63) is 35.9 Å². The van der Waals surface area contributed by atoms with Crippen LogP contribution in [0.5, 0.6) is 0 Å². The number of nitrogens with one attached hydrogen (secondary N) is 1. The lowest BCUT2D eigenvalue weighted by atomic mass is 10.0. The van der Waals surface area contributed by atoms with Gasteiger partial charge in [0.15, 0.2) is 0 Å². The van der Waals surface area contributed by atoms with Crippen LogP contribution in [-0.4, -0.2) is 83.8 Å². The molecule has 3 amide bonds. The van der Waals surface area contributed by atoms with Gasteiger partial charge in [0.2, 0.25) is 17.7 Å². The zero-order chi connectivity index (χ0) is 27.5. The molecule has 1 aromatic carbocycles. The molecule has 2 fully saturated rings. The van der Waals surface area contributed by atoms with Crippen LogP contribution in [0.4, 0.5) is 0 Å². The van der Waals surface area contributed by atoms with Crippen LogP contribution >= 0.6 is 0 Å². The maximum absolute atomic E-state index is 13.7. The third-order valence-corrected chi connectivity index (χ3v) is 7.81. The predicted molar refractivity (Wildman–Crippen MR) is 153 cm³/mol. The summed E-state index contributed by atoms with van der Waals surface area (Å²) < 4.78 is 0. The van der Waals surface area contributed by atoms with Crippen LogP contribution in [0.15, 0.2) is 30.3 Å². The minimum Gasteiger partial charge on any atom is -0.343 e. The molecule has 0 aromatic heterocycles. The number of amides is 3. The molecule has 0 aliphatic carbocycles. The second-order valence-electron chi connectivity index (χ2n) is 12.0. The van der Waals surface area contributed by atoms with Crippen LogP contribution in [0.1, 0.15) is 78.2 Å². The van der Waals surface area contributed by atoms with Crippen molar-refractivity contribution in [3.8, 4) is 0 Å². The molecule has 3 rings (SSSR count). The molecule has 2 atom stereocenters. The fraction of sp³-hybridized carbons (Fsp3) is 0.710. The molecule has 7 nitrogen and oxygen atoms in total. The Morgan fingerprint density at radius 1 is 0.868 bits per heavy atom. The molecule has 0 radical (unpaired) electrons. The lowest BCUT2D eigenvalue weighted by Crippen LogP contribution is -2.55. The van der Waals surface area contributed by atoms with Crippen LogP contribution in [0.2, 0.25) is 0 Å². The SMILES string of the molecule is CC(C)CCN1CCCCN(CCCc2ccccc2)C(=O)CN2CCC[C@H]2C(=O)N[C@@H](CC(C)C)C1=O. The molecule has 0 unspecified atom stereocenters. The minimum absolute atomic E-state index is 0.0464. The monoisotopic (exact) mass is 526 g/mol. The molecule has 1 aromatic rings. The first kappa shape index (κ1) is 30.1. The van der Waals surface area contributed by atoms with Gasteiger partial charge < -0.3 is 15.1 Å². The number of aryl methyl sites for hydroxylation is 1. The van der Waals surface area contributed by atoms with Crippen molar-refractivity contribution >= 4 is 17.7 Å². The van der Waals surface area contributed by atoms with Crippen LogP contribution in [0, 0.1) is 11.8 Å². The van der Waals surface area contributed by atoms with Gasteiger partial charge in [0.1, 0.15) is 6.04 Å². The number of fused-ring (bicyclic) bond motifs is 1. The van der Waals surface area contributed by atoms with Crippen molar-refractivity contribution in [1.82, 2.24) is 20.0 Å². The van der Waals surface area contributed by atoms with Gasteiger partial charge in [-0.3, -0.25) is 19.3 Å². The lowest BCUT2D eigenvalue weighted by molar-refractivity contribution is -0.140. The molecule has 0 spiro atoms. The summed E-state index contributed by atoms with van der Waals surface area (Å²) in [5, 5.41) is 3.12. The Kier molecular flexibility index (Phi) is 12.1. The number of benzene rings is 1. The molecular weight excluding hydrogens is 476 g/mol. The minimum atomic E-state index is -0.509. The number of carbonyl (C=O) groups is 3. The third-order valence-electron chi connectivity index (χ3n) is 7.81. The molecule has 212 valence electrons. The first-order chi connectivity index (χ1) is 18.2. The lowest BCUT2D eigenvalue weighted by Gasteiger charge is -2.33. The Bertz CT molecular complexity index is 888. The fourth-order valence-corrected chi connectivity index (χ4v) is 5.60. The van der Waals surface area contributed by atoms with E-state index in [1.165, 1.54) is 5.56 Å². The number of hydrogen-bond acceptors (Lipinski definition) is 4. The Balaban J connectivity index is 1.75. The van der Waals surface area contributed by atoms with Crippen LogP contribution in [0.3, 0.4) is 0 Å². The Labute approximate surface area is 230 Å².